The lowest BCUT2D eigenvalue weighted by Gasteiger charge is -2.43. The molecule has 0 saturated carbocycles. The Kier molecular flexibility index (Phi) is 28.4. The van der Waals surface area contributed by atoms with Gasteiger partial charge in [0.25, 0.3) is 8.32 Å². The van der Waals surface area contributed by atoms with Gasteiger partial charge in [-0.05, 0) is 21.0 Å². The van der Waals surface area contributed by atoms with Crippen molar-refractivity contribution in [2.45, 2.75) is 32.4 Å². The van der Waals surface area contributed by atoms with Crippen LogP contribution in [0, 0.1) is 0 Å². The predicted octanol–water partition coefficient (Wildman–Crippen LogP) is 4.95. The minimum absolute atomic E-state index is 0.0579. The maximum absolute atomic E-state index is 6.85. The molecule has 0 heterocycles. The van der Waals surface area contributed by atoms with Gasteiger partial charge in [0.1, 0.15) is 0 Å². The van der Waals surface area contributed by atoms with Crippen LogP contribution in [-0.2, 0) is 63.1 Å². The summed E-state index contributed by atoms with van der Waals surface area (Å²) in [5.41, 5.74) is 1.16. The highest BCUT2D eigenvalue weighted by molar-refractivity contribution is 6.99. The van der Waals surface area contributed by atoms with Crippen LogP contribution in [0.4, 0.5) is 0 Å². The smallest absolute Gasteiger partial charge is 0.261 e. The van der Waals surface area contributed by atoms with Crippen LogP contribution >= 0.6 is 0 Å². The maximum Gasteiger partial charge on any atom is 0.261 e. The van der Waals surface area contributed by atoms with Crippen LogP contribution in [0.3, 0.4) is 0 Å². The van der Waals surface area contributed by atoms with Crippen molar-refractivity contribution in [3.05, 3.63) is 96.6 Å². The van der Waals surface area contributed by atoms with Gasteiger partial charge in [-0.1, -0.05) is 112 Å². The summed E-state index contributed by atoms with van der Waals surface area (Å²) >= 11 is 0. The predicted molar refractivity (Wildman–Crippen MR) is 228 cm³/mol. The second-order valence-electron chi connectivity index (χ2n) is 14.2. The third-order valence-electron chi connectivity index (χ3n) is 8.79. The molecule has 3 aromatic carbocycles. The van der Waals surface area contributed by atoms with Crippen molar-refractivity contribution in [2.24, 2.45) is 0 Å². The molecule has 0 fully saturated rings. The minimum atomic E-state index is -2.54. The molecule has 3 aromatic rings. The van der Waals surface area contributed by atoms with Gasteiger partial charge in [-0.2, -0.15) is 0 Å². The largest absolute Gasteiger partial charge is 0.405 e. The molecule has 13 heteroatoms. The molecular formula is C45H70O12Si. The standard InChI is InChI=1S/C45H70O12Si/c1-45(2,3)58(43-15-9-5-10-16-43,44-17-11-6-12-18-44)57-40-39-55-36-35-53-32-31-51-28-27-49-24-23-47-20-19-46-21-22-48-25-26-50-29-30-52-33-34-54-37-38-56-41-42-13-7-4-8-14-42/h4-18H,19-41H2,1-3H3. The van der Waals surface area contributed by atoms with Crippen LogP contribution in [0.15, 0.2) is 91.0 Å². The Labute approximate surface area is 348 Å². The van der Waals surface area contributed by atoms with E-state index >= 15 is 0 Å². The SMILES string of the molecule is CC(C)(C)[Si](OCCOCCOCCOCCOCCOCCOCCOCCOCCOCCOCCOCc1ccccc1)(c1ccccc1)c1ccccc1. The van der Waals surface area contributed by atoms with E-state index in [1.807, 2.05) is 30.3 Å². The first-order valence-electron chi connectivity index (χ1n) is 20.7. The molecule has 0 unspecified atom stereocenters. The Morgan fingerprint density at radius 3 is 0.828 bits per heavy atom. The van der Waals surface area contributed by atoms with E-state index in [0.717, 1.165) is 5.56 Å². The molecule has 0 aliphatic rings. The maximum atomic E-state index is 6.85. The van der Waals surface area contributed by atoms with Gasteiger partial charge in [0.05, 0.1) is 152 Å². The zero-order chi connectivity index (χ0) is 41.1. The van der Waals surface area contributed by atoms with Gasteiger partial charge in [-0.25, -0.2) is 0 Å². The number of rotatable bonds is 38. The molecule has 0 aliphatic heterocycles. The average molecular weight is 831 g/mol. The normalized spacial score (nSPS) is 12.1. The molecule has 0 N–H and O–H groups in total. The van der Waals surface area contributed by atoms with Crippen molar-refractivity contribution in [1.29, 1.82) is 0 Å². The minimum Gasteiger partial charge on any atom is -0.405 e. The van der Waals surface area contributed by atoms with Crippen LogP contribution in [0.5, 0.6) is 0 Å². The Balaban J connectivity index is 0.988. The molecule has 0 saturated heterocycles. The summed E-state index contributed by atoms with van der Waals surface area (Å²) in [6.45, 7) is 18.8. The van der Waals surface area contributed by atoms with E-state index < -0.39 is 8.32 Å². The van der Waals surface area contributed by atoms with Crippen molar-refractivity contribution in [3.63, 3.8) is 0 Å². The molecule has 0 radical (unpaired) electrons. The molecule has 58 heavy (non-hydrogen) atoms. The fourth-order valence-corrected chi connectivity index (χ4v) is 10.5. The number of benzene rings is 3. The van der Waals surface area contributed by atoms with Crippen molar-refractivity contribution in [1.82, 2.24) is 0 Å². The van der Waals surface area contributed by atoms with E-state index in [1.54, 1.807) is 0 Å². The van der Waals surface area contributed by atoms with Crippen LogP contribution in [0.1, 0.15) is 26.3 Å². The highest BCUT2D eigenvalue weighted by Gasteiger charge is 2.50. The van der Waals surface area contributed by atoms with Gasteiger partial charge in [0.2, 0.25) is 0 Å². The summed E-state index contributed by atoms with van der Waals surface area (Å²) in [6, 6.07) is 31.4. The van der Waals surface area contributed by atoms with Crippen LogP contribution in [0.25, 0.3) is 0 Å². The number of ether oxygens (including phenoxy) is 11. The lowest BCUT2D eigenvalue weighted by Crippen LogP contribution is -2.66. The number of hydrogen-bond donors (Lipinski definition) is 0. The quantitative estimate of drug-likeness (QED) is 0.0577. The van der Waals surface area contributed by atoms with Crippen LogP contribution < -0.4 is 10.4 Å². The zero-order valence-corrected chi connectivity index (χ0v) is 36.3. The Morgan fingerprint density at radius 2 is 0.552 bits per heavy atom. The second kappa shape index (κ2) is 33.2. The zero-order valence-electron chi connectivity index (χ0n) is 35.3. The highest BCUT2D eigenvalue weighted by Crippen LogP contribution is 2.36. The van der Waals surface area contributed by atoms with E-state index in [4.69, 9.17) is 56.5 Å². The Bertz CT molecular complexity index is 1290. The van der Waals surface area contributed by atoms with Crippen molar-refractivity contribution in [3.8, 4) is 0 Å². The van der Waals surface area contributed by atoms with Gasteiger partial charge >= 0.3 is 0 Å². The Morgan fingerprint density at radius 1 is 0.310 bits per heavy atom. The summed E-state index contributed by atoms with van der Waals surface area (Å²) in [5.74, 6) is 0. The van der Waals surface area contributed by atoms with Gasteiger partial charge in [-0.15, -0.1) is 0 Å². The van der Waals surface area contributed by atoms with E-state index in [-0.39, 0.29) is 5.04 Å². The first-order chi connectivity index (χ1) is 28.5. The van der Waals surface area contributed by atoms with E-state index in [0.29, 0.717) is 152 Å². The highest BCUT2D eigenvalue weighted by atomic mass is 28.4. The molecule has 326 valence electrons. The third kappa shape index (κ3) is 22.1. The summed E-state index contributed by atoms with van der Waals surface area (Å²) in [4.78, 5) is 0. The van der Waals surface area contributed by atoms with Crippen LogP contribution in [-0.4, -0.2) is 154 Å². The van der Waals surface area contributed by atoms with E-state index in [1.165, 1.54) is 10.4 Å². The molecule has 12 nitrogen and oxygen atoms in total. The second-order valence-corrected chi connectivity index (χ2v) is 18.5. The fraction of sp³-hybridized carbons (Fsp3) is 0.600. The summed E-state index contributed by atoms with van der Waals surface area (Å²) < 4.78 is 68.2. The molecule has 0 aromatic heterocycles. The van der Waals surface area contributed by atoms with Gasteiger partial charge in [-0.3, -0.25) is 0 Å². The first-order valence-corrected chi connectivity index (χ1v) is 22.6. The number of hydrogen-bond acceptors (Lipinski definition) is 12. The fourth-order valence-electron chi connectivity index (χ4n) is 5.98. The Hall–Kier alpha value is -2.60. The molecular weight excluding hydrogens is 761 g/mol. The summed E-state index contributed by atoms with van der Waals surface area (Å²) in [6.07, 6.45) is 0. The average Bonchev–Trinajstić information content (AvgIpc) is 3.24. The van der Waals surface area contributed by atoms with Crippen molar-refractivity contribution in [2.75, 3.05) is 145 Å². The molecule has 0 amide bonds. The first kappa shape index (κ1) is 49.8. The van der Waals surface area contributed by atoms with Crippen LogP contribution in [0.2, 0.25) is 5.04 Å². The van der Waals surface area contributed by atoms with E-state index in [9.17, 15) is 0 Å². The third-order valence-corrected chi connectivity index (χ3v) is 13.8. The topological polar surface area (TPSA) is 111 Å². The summed E-state index contributed by atoms with van der Waals surface area (Å²) in [7, 11) is -2.54. The summed E-state index contributed by atoms with van der Waals surface area (Å²) in [5, 5.41) is 2.48. The van der Waals surface area contributed by atoms with Crippen molar-refractivity contribution < 1.29 is 56.5 Å². The van der Waals surface area contributed by atoms with Gasteiger partial charge in [0.15, 0.2) is 0 Å². The van der Waals surface area contributed by atoms with Crippen molar-refractivity contribution >= 4 is 18.7 Å². The molecule has 0 aliphatic carbocycles. The molecule has 0 spiro atoms. The molecule has 3 rings (SSSR count). The van der Waals surface area contributed by atoms with E-state index in [2.05, 4.69) is 81.4 Å². The molecule has 0 bridgehead atoms. The molecule has 0 atom stereocenters. The lowest BCUT2D eigenvalue weighted by molar-refractivity contribution is -0.0279. The van der Waals surface area contributed by atoms with Gasteiger partial charge < -0.3 is 56.5 Å². The lowest BCUT2D eigenvalue weighted by atomic mass is 10.2. The van der Waals surface area contributed by atoms with Gasteiger partial charge in [0, 0.05) is 0 Å². The monoisotopic (exact) mass is 830 g/mol.